The lowest BCUT2D eigenvalue weighted by Gasteiger charge is -2.19. The van der Waals surface area contributed by atoms with Gasteiger partial charge in [0.15, 0.2) is 29.5 Å². The molecule has 1 amide bonds. The molecule has 0 aromatic heterocycles. The Morgan fingerprint density at radius 3 is 2.43 bits per heavy atom. The molecule has 28 heavy (non-hydrogen) atoms. The number of carbonyl (C=O) groups excluding carboxylic acids is 2. The lowest BCUT2D eigenvalue weighted by atomic mass is 10.1. The van der Waals surface area contributed by atoms with Gasteiger partial charge in [-0.1, -0.05) is 18.2 Å². The van der Waals surface area contributed by atoms with Gasteiger partial charge < -0.3 is 19.9 Å². The molecule has 0 aliphatic heterocycles. The fourth-order valence-electron chi connectivity index (χ4n) is 2.46. The molecule has 2 N–H and O–H groups in total. The average molecular weight is 389 g/mol. The highest BCUT2D eigenvalue weighted by Crippen LogP contribution is 2.23. The summed E-state index contributed by atoms with van der Waals surface area (Å²) in [5.41, 5.74) is 0.465. The standard InChI is InChI=1S/C20H20FNO6/c1-11(23)13-5-4-6-15(9-13)28-12(2)19(24)22-18(20(25)26)14-7-8-17(27-3)16(21)10-14/h4-10,12,18H,1-3H3,(H,22,24)(H,25,26). The molecular formula is C20H20FNO6. The number of ketones is 1. The van der Waals surface area contributed by atoms with Crippen molar-refractivity contribution in [3.63, 3.8) is 0 Å². The lowest BCUT2D eigenvalue weighted by Crippen LogP contribution is -2.41. The maximum absolute atomic E-state index is 13.9. The molecule has 2 rings (SSSR count). The largest absolute Gasteiger partial charge is 0.494 e. The molecule has 0 heterocycles. The molecule has 7 nitrogen and oxygen atoms in total. The van der Waals surface area contributed by atoms with Crippen molar-refractivity contribution < 1.29 is 33.4 Å². The van der Waals surface area contributed by atoms with E-state index in [1.165, 1.54) is 39.2 Å². The van der Waals surface area contributed by atoms with Crippen LogP contribution in [0.15, 0.2) is 42.5 Å². The Hall–Kier alpha value is -3.42. The van der Waals surface area contributed by atoms with Crippen molar-refractivity contribution in [1.82, 2.24) is 5.32 Å². The summed E-state index contributed by atoms with van der Waals surface area (Å²) < 4.78 is 24.2. The molecule has 2 unspecified atom stereocenters. The third kappa shape index (κ3) is 5.06. The van der Waals surface area contributed by atoms with Gasteiger partial charge in [0.2, 0.25) is 0 Å². The smallest absolute Gasteiger partial charge is 0.330 e. The zero-order chi connectivity index (χ0) is 20.8. The van der Waals surface area contributed by atoms with E-state index >= 15 is 0 Å². The van der Waals surface area contributed by atoms with Crippen molar-refractivity contribution in [2.45, 2.75) is 26.0 Å². The topological polar surface area (TPSA) is 102 Å². The van der Waals surface area contributed by atoms with E-state index in [0.29, 0.717) is 5.56 Å². The number of rotatable bonds is 8. The highest BCUT2D eigenvalue weighted by Gasteiger charge is 2.26. The van der Waals surface area contributed by atoms with Gasteiger partial charge in [-0.15, -0.1) is 0 Å². The summed E-state index contributed by atoms with van der Waals surface area (Å²) in [5, 5.41) is 11.7. The number of benzene rings is 2. The summed E-state index contributed by atoms with van der Waals surface area (Å²) in [6, 6.07) is 8.42. The number of carboxylic acids is 1. The zero-order valence-corrected chi connectivity index (χ0v) is 15.6. The van der Waals surface area contributed by atoms with Crippen LogP contribution in [0, 0.1) is 5.82 Å². The summed E-state index contributed by atoms with van der Waals surface area (Å²) in [5.74, 6) is -2.72. The Morgan fingerprint density at radius 2 is 1.86 bits per heavy atom. The Bertz CT molecular complexity index is 898. The molecular weight excluding hydrogens is 369 g/mol. The summed E-state index contributed by atoms with van der Waals surface area (Å²) in [6.45, 7) is 2.84. The van der Waals surface area contributed by atoms with Crippen LogP contribution in [-0.2, 0) is 9.59 Å². The van der Waals surface area contributed by atoms with Crippen LogP contribution in [0.4, 0.5) is 4.39 Å². The van der Waals surface area contributed by atoms with E-state index in [1.807, 2.05) is 0 Å². The molecule has 0 radical (unpaired) electrons. The van der Waals surface area contributed by atoms with Gasteiger partial charge in [-0.05, 0) is 43.7 Å². The summed E-state index contributed by atoms with van der Waals surface area (Å²) >= 11 is 0. The van der Waals surface area contributed by atoms with Gasteiger partial charge in [-0.25, -0.2) is 9.18 Å². The predicted octanol–water partition coefficient (Wildman–Crippen LogP) is 2.75. The van der Waals surface area contributed by atoms with Crippen LogP contribution in [0.2, 0.25) is 0 Å². The molecule has 148 valence electrons. The van der Waals surface area contributed by atoms with Crippen LogP contribution in [-0.4, -0.2) is 36.0 Å². The molecule has 0 aliphatic rings. The van der Waals surface area contributed by atoms with Gasteiger partial charge in [0.05, 0.1) is 7.11 Å². The minimum absolute atomic E-state index is 0.0405. The number of methoxy groups -OCH3 is 1. The van der Waals surface area contributed by atoms with Crippen molar-refractivity contribution in [1.29, 1.82) is 0 Å². The normalized spacial score (nSPS) is 12.6. The number of halogens is 1. The Labute approximate surface area is 161 Å². The van der Waals surface area contributed by atoms with Crippen molar-refractivity contribution in [3.8, 4) is 11.5 Å². The van der Waals surface area contributed by atoms with Gasteiger partial charge >= 0.3 is 5.97 Å². The van der Waals surface area contributed by atoms with Crippen LogP contribution in [0.25, 0.3) is 0 Å². The van der Waals surface area contributed by atoms with Crippen molar-refractivity contribution in [3.05, 3.63) is 59.4 Å². The lowest BCUT2D eigenvalue weighted by molar-refractivity contribution is -0.143. The maximum Gasteiger partial charge on any atom is 0.330 e. The van der Waals surface area contributed by atoms with Crippen molar-refractivity contribution in [2.24, 2.45) is 0 Å². The molecule has 0 bridgehead atoms. The molecule has 0 saturated carbocycles. The number of amides is 1. The SMILES string of the molecule is COc1ccc(C(NC(=O)C(C)Oc2cccc(C(C)=O)c2)C(=O)O)cc1F. The number of hydrogen-bond donors (Lipinski definition) is 2. The molecule has 2 atom stereocenters. The number of carboxylic acid groups (broad SMARTS) is 1. The molecule has 8 heteroatoms. The summed E-state index contributed by atoms with van der Waals surface area (Å²) in [4.78, 5) is 35.4. The van der Waals surface area contributed by atoms with Gasteiger partial charge in [0, 0.05) is 5.56 Å². The monoisotopic (exact) mass is 389 g/mol. The number of nitrogens with one attached hydrogen (secondary N) is 1. The van der Waals surface area contributed by atoms with E-state index in [4.69, 9.17) is 9.47 Å². The van der Waals surface area contributed by atoms with E-state index in [-0.39, 0.29) is 22.8 Å². The third-order valence-electron chi connectivity index (χ3n) is 3.97. The maximum atomic E-state index is 13.9. The zero-order valence-electron chi connectivity index (χ0n) is 15.6. The van der Waals surface area contributed by atoms with Crippen LogP contribution >= 0.6 is 0 Å². The van der Waals surface area contributed by atoms with Crippen molar-refractivity contribution >= 4 is 17.7 Å². The summed E-state index contributed by atoms with van der Waals surface area (Å²) in [7, 11) is 1.29. The van der Waals surface area contributed by atoms with Gasteiger partial charge in [0.1, 0.15) is 5.75 Å². The first-order valence-electron chi connectivity index (χ1n) is 8.37. The molecule has 2 aromatic rings. The first-order chi connectivity index (χ1) is 13.2. The summed E-state index contributed by atoms with van der Waals surface area (Å²) in [6.07, 6.45) is -1.05. The quantitative estimate of drug-likeness (QED) is 0.673. The van der Waals surface area contributed by atoms with Crippen molar-refractivity contribution in [2.75, 3.05) is 7.11 Å². The second-order valence-electron chi connectivity index (χ2n) is 6.02. The van der Waals surface area contributed by atoms with E-state index in [1.54, 1.807) is 18.2 Å². The van der Waals surface area contributed by atoms with Gasteiger partial charge in [0.25, 0.3) is 5.91 Å². The highest BCUT2D eigenvalue weighted by atomic mass is 19.1. The number of aliphatic carboxylic acids is 1. The second kappa shape index (κ2) is 8.98. The minimum Gasteiger partial charge on any atom is -0.494 e. The van der Waals surface area contributed by atoms with Crippen LogP contribution in [0.1, 0.15) is 35.8 Å². The van der Waals surface area contributed by atoms with Crippen LogP contribution < -0.4 is 14.8 Å². The first-order valence-corrected chi connectivity index (χ1v) is 8.37. The predicted molar refractivity (Wildman–Crippen MR) is 98.0 cm³/mol. The number of hydrogen-bond acceptors (Lipinski definition) is 5. The van der Waals surface area contributed by atoms with Crippen LogP contribution in [0.3, 0.4) is 0 Å². The first kappa shape index (κ1) is 20.9. The molecule has 0 fully saturated rings. The van der Waals surface area contributed by atoms with E-state index in [9.17, 15) is 23.9 Å². The van der Waals surface area contributed by atoms with E-state index in [2.05, 4.69) is 5.32 Å². The van der Waals surface area contributed by atoms with E-state index in [0.717, 1.165) is 6.07 Å². The minimum atomic E-state index is -1.47. The molecule has 0 saturated heterocycles. The highest BCUT2D eigenvalue weighted by molar-refractivity contribution is 5.94. The number of ether oxygens (including phenoxy) is 2. The number of carbonyl (C=O) groups is 3. The van der Waals surface area contributed by atoms with Crippen LogP contribution in [0.5, 0.6) is 11.5 Å². The molecule has 0 spiro atoms. The average Bonchev–Trinajstić information content (AvgIpc) is 2.65. The second-order valence-corrected chi connectivity index (χ2v) is 6.02. The fourth-order valence-corrected chi connectivity index (χ4v) is 2.46. The number of Topliss-reactive ketones (excluding diaryl/α,β-unsaturated/α-hetero) is 1. The Kier molecular flexibility index (Phi) is 6.70. The third-order valence-corrected chi connectivity index (χ3v) is 3.97. The van der Waals surface area contributed by atoms with E-state index < -0.39 is 29.8 Å². The fraction of sp³-hybridized carbons (Fsp3) is 0.250. The van der Waals surface area contributed by atoms with Gasteiger partial charge in [-0.3, -0.25) is 9.59 Å². The van der Waals surface area contributed by atoms with Gasteiger partial charge in [-0.2, -0.15) is 0 Å². The Morgan fingerprint density at radius 1 is 1.14 bits per heavy atom. The Balaban J connectivity index is 2.13. The molecule has 2 aromatic carbocycles. The molecule has 0 aliphatic carbocycles.